The van der Waals surface area contributed by atoms with Crippen LogP contribution in [0.3, 0.4) is 0 Å². The van der Waals surface area contributed by atoms with Crippen molar-refractivity contribution in [3.63, 3.8) is 0 Å². The third-order valence-electron chi connectivity index (χ3n) is 0. The molecule has 0 atom stereocenters. The van der Waals surface area contributed by atoms with Gasteiger partial charge in [-0.05, 0) is 11.0 Å². The molecule has 0 saturated carbocycles. The molecule has 0 aliphatic heterocycles. The molecule has 34 valence electrons. The van der Waals surface area contributed by atoms with Crippen molar-refractivity contribution in [3.8, 4) is 0 Å². The molecule has 3 N–H and O–H groups in total. The zero-order valence-corrected chi connectivity index (χ0v) is 2.73. The van der Waals surface area contributed by atoms with Crippen molar-refractivity contribution in [1.82, 2.24) is 0 Å². The molecule has 0 saturated heterocycles. The quantitative estimate of drug-likeness (QED) is 0.377. The van der Waals surface area contributed by atoms with E-state index in [4.69, 9.17) is 0 Å². The van der Waals surface area contributed by atoms with Gasteiger partial charge in [-0.25, -0.2) is 0 Å². The fraction of sp³-hybridized carbons (Fsp3) is 0. The van der Waals surface area contributed by atoms with E-state index in [1.807, 2.05) is 0 Å². The molecule has 0 heterocycles. The first kappa shape index (κ1) is 95.3. The minimum absolute atomic E-state index is 0. The van der Waals surface area contributed by atoms with Crippen molar-refractivity contribution in [2.75, 3.05) is 0 Å². The van der Waals surface area contributed by atoms with Crippen LogP contribution >= 0.6 is 0 Å². The molecule has 0 bridgehead atoms. The second-order valence-electron chi connectivity index (χ2n) is 0. The molecule has 0 aliphatic rings. The summed E-state index contributed by atoms with van der Waals surface area (Å²) in [6.07, 6.45) is 0. The Morgan fingerprint density at radius 1 is 1.00 bits per heavy atom. The smallest absolute Gasteiger partial charge is 0.870 e. The van der Waals surface area contributed by atoms with E-state index in [0.29, 0.717) is 0 Å². The van der Waals surface area contributed by atoms with E-state index in [9.17, 15) is 0 Å². The molecule has 0 spiro atoms. The molecule has 0 rings (SSSR count). The van der Waals surface area contributed by atoms with E-state index in [2.05, 4.69) is 0 Å². The summed E-state index contributed by atoms with van der Waals surface area (Å²) in [6.45, 7) is 0. The summed E-state index contributed by atoms with van der Waals surface area (Å²) < 4.78 is 0. The molecule has 0 aromatic rings. The number of rotatable bonds is 0. The van der Waals surface area contributed by atoms with Gasteiger partial charge in [0.25, 0.3) is 0 Å². The van der Waals surface area contributed by atoms with Gasteiger partial charge in [0, 0.05) is 0 Å². The van der Waals surface area contributed by atoms with Crippen LogP contribution in [0.25, 0.3) is 0 Å². The Morgan fingerprint density at radius 3 is 1.00 bits per heavy atom. The van der Waals surface area contributed by atoms with Crippen molar-refractivity contribution < 1.29 is 33.3 Å². The summed E-state index contributed by atoms with van der Waals surface area (Å²) in [7, 11) is 0. The molecule has 0 unspecified atom stereocenters. The predicted molar refractivity (Wildman–Crippen MR) is 16.9 cm³/mol. The van der Waals surface area contributed by atoms with E-state index >= 15 is 0 Å². The summed E-state index contributed by atoms with van der Waals surface area (Å²) in [4.78, 5) is 0. The van der Waals surface area contributed by atoms with Crippen LogP contribution in [0.4, 0.5) is 0 Å². The standard InChI is InChI=1S/Ag.2H2O.H4Si/h;2*1H2;1H4/q+1;;;/p-1. The Bertz CT molecular complexity index is 6.00. The van der Waals surface area contributed by atoms with Crippen LogP contribution in [0.15, 0.2) is 0 Å². The van der Waals surface area contributed by atoms with Gasteiger partial charge in [0.15, 0.2) is 0 Å². The van der Waals surface area contributed by atoms with Crippen LogP contribution in [0, 0.1) is 0 Å². The molecule has 0 fully saturated rings. The second kappa shape index (κ2) is 41.7. The molecule has 0 aromatic heterocycles. The monoisotopic (exact) mass is 174 g/mol. The van der Waals surface area contributed by atoms with E-state index in [1.165, 1.54) is 0 Å². The number of hydrogen-bond donors (Lipinski definition) is 0. The summed E-state index contributed by atoms with van der Waals surface area (Å²) in [5, 5.41) is 0. The van der Waals surface area contributed by atoms with Gasteiger partial charge in [0.2, 0.25) is 0 Å². The maximum absolute atomic E-state index is 0. The van der Waals surface area contributed by atoms with E-state index in [0.717, 1.165) is 0 Å². The molecule has 4 heavy (non-hydrogen) atoms. The van der Waals surface area contributed by atoms with Crippen LogP contribution in [0.5, 0.6) is 0 Å². The van der Waals surface area contributed by atoms with Gasteiger partial charge in [-0.1, -0.05) is 0 Å². The molecular formula is H7AgO2Si. The first-order valence-corrected chi connectivity index (χ1v) is 0. The van der Waals surface area contributed by atoms with Crippen molar-refractivity contribution in [3.05, 3.63) is 0 Å². The Balaban J connectivity index is 0. The van der Waals surface area contributed by atoms with Gasteiger partial charge in [0.1, 0.15) is 0 Å². The van der Waals surface area contributed by atoms with Crippen molar-refractivity contribution in [1.29, 1.82) is 0 Å². The van der Waals surface area contributed by atoms with Crippen LogP contribution in [0.1, 0.15) is 0 Å². The van der Waals surface area contributed by atoms with E-state index < -0.39 is 0 Å². The Labute approximate surface area is 44.7 Å². The minimum Gasteiger partial charge on any atom is -0.870 e. The van der Waals surface area contributed by atoms with Crippen LogP contribution in [0.2, 0.25) is 0 Å². The molecule has 4 heteroatoms. The average molecular weight is 175 g/mol. The van der Waals surface area contributed by atoms with E-state index in [1.54, 1.807) is 0 Å². The van der Waals surface area contributed by atoms with Crippen molar-refractivity contribution in [2.45, 2.75) is 0 Å². The number of hydrogen-bond acceptors (Lipinski definition) is 1. The topological polar surface area (TPSA) is 61.5 Å². The third kappa shape index (κ3) is 13.2. The van der Waals surface area contributed by atoms with Gasteiger partial charge < -0.3 is 11.0 Å². The largest absolute Gasteiger partial charge is 1.00 e. The summed E-state index contributed by atoms with van der Waals surface area (Å²) >= 11 is 0. The van der Waals surface area contributed by atoms with Gasteiger partial charge in [-0.15, -0.1) is 0 Å². The summed E-state index contributed by atoms with van der Waals surface area (Å²) in [5.74, 6) is 0. The average Bonchev–Trinajstić information content (AvgIpc) is 0. The second-order valence-corrected chi connectivity index (χ2v) is 0. The zero-order chi connectivity index (χ0) is 0. The maximum Gasteiger partial charge on any atom is 1.00 e. The SMILES string of the molecule is O.[Ag+].[OH-].[SiH4]. The van der Waals surface area contributed by atoms with Crippen LogP contribution in [-0.4, -0.2) is 21.9 Å². The third-order valence-corrected chi connectivity index (χ3v) is 0. The van der Waals surface area contributed by atoms with Crippen LogP contribution in [-0.2, 0) is 22.4 Å². The molecule has 0 amide bonds. The Morgan fingerprint density at radius 2 is 1.00 bits per heavy atom. The molecule has 0 aromatic carbocycles. The Hall–Kier alpha value is 0.877. The normalized spacial score (nSPS) is 0. The van der Waals surface area contributed by atoms with E-state index in [-0.39, 0.29) is 44.3 Å². The molecule has 0 aliphatic carbocycles. The van der Waals surface area contributed by atoms with Crippen molar-refractivity contribution in [2.24, 2.45) is 0 Å². The minimum atomic E-state index is 0. The molecule has 2 nitrogen and oxygen atoms in total. The molecule has 0 radical (unpaired) electrons. The van der Waals surface area contributed by atoms with Gasteiger partial charge in [-0.3, -0.25) is 0 Å². The predicted octanol–water partition coefficient (Wildman–Crippen LogP) is -2.46. The Kier molecular flexibility index (Phi) is 994. The molecular weight excluding hydrogens is 168 g/mol. The fourth-order valence-corrected chi connectivity index (χ4v) is 0. The fourth-order valence-electron chi connectivity index (χ4n) is 0. The first-order valence-electron chi connectivity index (χ1n) is 0. The van der Waals surface area contributed by atoms with Crippen LogP contribution < -0.4 is 0 Å². The van der Waals surface area contributed by atoms with Crippen molar-refractivity contribution >= 4 is 11.0 Å². The van der Waals surface area contributed by atoms with Gasteiger partial charge in [0.05, 0.1) is 0 Å². The summed E-state index contributed by atoms with van der Waals surface area (Å²) in [6, 6.07) is 0. The maximum atomic E-state index is 0. The van der Waals surface area contributed by atoms with Gasteiger partial charge >= 0.3 is 22.4 Å². The zero-order valence-electron chi connectivity index (χ0n) is 1.25. The van der Waals surface area contributed by atoms with Gasteiger partial charge in [-0.2, -0.15) is 0 Å². The first-order chi connectivity index (χ1) is 0. The summed E-state index contributed by atoms with van der Waals surface area (Å²) in [5.41, 5.74) is 0.